The molecule has 5 nitrogen and oxygen atoms in total. The van der Waals surface area contributed by atoms with Crippen molar-refractivity contribution in [2.24, 2.45) is 11.3 Å². The van der Waals surface area contributed by atoms with Crippen LogP contribution in [0.2, 0.25) is 0 Å². The Kier molecular flexibility index (Phi) is 1.32. The van der Waals surface area contributed by atoms with E-state index in [1.807, 2.05) is 6.20 Å². The normalized spacial score (nSPS) is 40.5. The lowest BCUT2D eigenvalue weighted by Gasteiger charge is -2.38. The van der Waals surface area contributed by atoms with Crippen molar-refractivity contribution in [3.05, 3.63) is 18.6 Å². The van der Waals surface area contributed by atoms with Crippen LogP contribution in [-0.2, 0) is 0 Å². The second kappa shape index (κ2) is 2.54. The number of fused-ring (bicyclic) bond motifs is 2. The predicted molar refractivity (Wildman–Crippen MR) is 68.4 cm³/mol. The van der Waals surface area contributed by atoms with Crippen molar-refractivity contribution in [1.82, 2.24) is 20.3 Å². The average Bonchev–Trinajstić information content (AvgIpc) is 2.90. The number of H-pyrrole nitrogens is 1. The molecule has 4 heterocycles. The van der Waals surface area contributed by atoms with Gasteiger partial charge in [-0.1, -0.05) is 6.92 Å². The highest BCUT2D eigenvalue weighted by molar-refractivity contribution is 5.87. The Labute approximate surface area is 105 Å². The van der Waals surface area contributed by atoms with Crippen LogP contribution in [0.5, 0.6) is 0 Å². The third kappa shape index (κ3) is 0.782. The molecular formula is C13H15N5. The predicted octanol–water partition coefficient (Wildman–Crippen LogP) is 0.756. The van der Waals surface area contributed by atoms with Crippen LogP contribution in [0.1, 0.15) is 6.92 Å². The van der Waals surface area contributed by atoms with Crippen LogP contribution in [0.4, 0.5) is 5.82 Å². The monoisotopic (exact) mass is 241 g/mol. The molecule has 2 aliphatic heterocycles. The number of rotatable bonds is 1. The Morgan fingerprint density at radius 3 is 3.17 bits per heavy atom. The van der Waals surface area contributed by atoms with E-state index >= 15 is 0 Å². The van der Waals surface area contributed by atoms with Crippen LogP contribution in [0.25, 0.3) is 11.0 Å². The zero-order chi connectivity index (χ0) is 12.0. The molecule has 0 bridgehead atoms. The molecule has 5 heteroatoms. The van der Waals surface area contributed by atoms with Crippen molar-refractivity contribution >= 4 is 16.9 Å². The summed E-state index contributed by atoms with van der Waals surface area (Å²) in [5.74, 6) is 1.88. The fraction of sp³-hybridized carbons (Fsp3) is 0.538. The van der Waals surface area contributed by atoms with E-state index in [9.17, 15) is 0 Å². The van der Waals surface area contributed by atoms with Gasteiger partial charge in [0.15, 0.2) is 0 Å². The second-order valence-corrected chi connectivity index (χ2v) is 6.11. The van der Waals surface area contributed by atoms with Gasteiger partial charge < -0.3 is 15.2 Å². The number of anilines is 1. The van der Waals surface area contributed by atoms with Crippen LogP contribution >= 0.6 is 0 Å². The second-order valence-electron chi connectivity index (χ2n) is 6.11. The fourth-order valence-corrected chi connectivity index (χ4v) is 4.27. The molecule has 92 valence electrons. The molecule has 2 aromatic heterocycles. The van der Waals surface area contributed by atoms with E-state index in [0.29, 0.717) is 11.0 Å². The first-order valence-corrected chi connectivity index (χ1v) is 6.53. The molecular weight excluding hydrogens is 226 g/mol. The smallest absolute Gasteiger partial charge is 0.142 e. The van der Waals surface area contributed by atoms with Crippen LogP contribution < -0.4 is 10.2 Å². The van der Waals surface area contributed by atoms with Crippen LogP contribution in [0.3, 0.4) is 0 Å². The number of nitrogens with one attached hydrogen (secondary N) is 2. The van der Waals surface area contributed by atoms with E-state index in [4.69, 9.17) is 0 Å². The van der Waals surface area contributed by atoms with Gasteiger partial charge in [-0.05, 0) is 6.07 Å². The molecule has 18 heavy (non-hydrogen) atoms. The summed E-state index contributed by atoms with van der Waals surface area (Å²) in [5, 5.41) is 4.78. The first-order chi connectivity index (χ1) is 8.75. The van der Waals surface area contributed by atoms with Gasteiger partial charge in [0.05, 0.1) is 5.39 Å². The fourth-order valence-electron chi connectivity index (χ4n) is 4.27. The Hall–Kier alpha value is -1.62. The number of aromatic nitrogens is 3. The molecule has 1 saturated carbocycles. The molecule has 2 N–H and O–H groups in total. The standard InChI is InChI=1S/C13H15N5/c1-12-5-17-13(12)6-18(4-9(12)13)11-8-2-3-14-10(8)15-7-16-11/h2-3,7,9,17H,4-6H2,1H3,(H,14,15,16)/t9?,12-,13-/m1/s1. The molecule has 0 radical (unpaired) electrons. The van der Waals surface area contributed by atoms with Crippen molar-refractivity contribution in [2.75, 3.05) is 24.5 Å². The van der Waals surface area contributed by atoms with E-state index < -0.39 is 0 Å². The van der Waals surface area contributed by atoms with E-state index in [0.717, 1.165) is 35.9 Å². The van der Waals surface area contributed by atoms with Crippen molar-refractivity contribution in [2.45, 2.75) is 12.5 Å². The Balaban J connectivity index is 1.57. The maximum atomic E-state index is 4.49. The number of hydrogen-bond donors (Lipinski definition) is 2. The molecule has 3 atom stereocenters. The zero-order valence-corrected chi connectivity index (χ0v) is 10.3. The van der Waals surface area contributed by atoms with Gasteiger partial charge >= 0.3 is 0 Å². The highest BCUT2D eigenvalue weighted by Gasteiger charge is 2.82. The summed E-state index contributed by atoms with van der Waals surface area (Å²) >= 11 is 0. The summed E-state index contributed by atoms with van der Waals surface area (Å²) in [4.78, 5) is 14.3. The summed E-state index contributed by atoms with van der Waals surface area (Å²) in [6.45, 7) is 5.82. The third-order valence-electron chi connectivity index (χ3n) is 5.55. The SMILES string of the molecule is C[C@]12CN[C@@]13CN(c1ncnc4[nH]ccc14)CC23. The van der Waals surface area contributed by atoms with E-state index in [-0.39, 0.29) is 0 Å². The van der Waals surface area contributed by atoms with Crippen molar-refractivity contribution < 1.29 is 0 Å². The van der Waals surface area contributed by atoms with Gasteiger partial charge in [-0.3, -0.25) is 0 Å². The van der Waals surface area contributed by atoms with Crippen molar-refractivity contribution in [1.29, 1.82) is 0 Å². The molecule has 2 saturated heterocycles. The zero-order valence-electron chi connectivity index (χ0n) is 10.3. The number of nitrogens with zero attached hydrogens (tertiary/aromatic N) is 3. The topological polar surface area (TPSA) is 56.8 Å². The minimum absolute atomic E-state index is 0.389. The maximum Gasteiger partial charge on any atom is 0.142 e. The summed E-state index contributed by atoms with van der Waals surface area (Å²) < 4.78 is 0. The molecule has 1 spiro atoms. The van der Waals surface area contributed by atoms with Crippen molar-refractivity contribution in [3.8, 4) is 0 Å². The molecule has 3 aliphatic rings. The molecule has 0 aromatic carbocycles. The Morgan fingerprint density at radius 1 is 1.44 bits per heavy atom. The number of aromatic amines is 1. The highest BCUT2D eigenvalue weighted by Crippen LogP contribution is 2.70. The third-order valence-corrected chi connectivity index (χ3v) is 5.55. The lowest BCUT2D eigenvalue weighted by molar-refractivity contribution is 0.252. The van der Waals surface area contributed by atoms with E-state index in [2.05, 4.69) is 38.2 Å². The van der Waals surface area contributed by atoms with Crippen LogP contribution in [-0.4, -0.2) is 40.1 Å². The highest BCUT2D eigenvalue weighted by atomic mass is 15.4. The van der Waals surface area contributed by atoms with Gasteiger partial charge in [0.25, 0.3) is 0 Å². The minimum atomic E-state index is 0.389. The van der Waals surface area contributed by atoms with E-state index in [1.165, 1.54) is 6.54 Å². The summed E-state index contributed by atoms with van der Waals surface area (Å²) in [6.07, 6.45) is 3.59. The van der Waals surface area contributed by atoms with Crippen LogP contribution in [0.15, 0.2) is 18.6 Å². The van der Waals surface area contributed by atoms with Gasteiger partial charge in [-0.2, -0.15) is 0 Å². The van der Waals surface area contributed by atoms with Crippen LogP contribution in [0, 0.1) is 11.3 Å². The van der Waals surface area contributed by atoms with Gasteiger partial charge in [0.2, 0.25) is 0 Å². The molecule has 2 aromatic rings. The maximum absolute atomic E-state index is 4.49. The molecule has 3 fully saturated rings. The lowest BCUT2D eigenvalue weighted by Crippen LogP contribution is -2.56. The minimum Gasteiger partial charge on any atom is -0.354 e. The lowest BCUT2D eigenvalue weighted by atomic mass is 9.92. The molecule has 0 amide bonds. The first kappa shape index (κ1) is 9.33. The van der Waals surface area contributed by atoms with Crippen molar-refractivity contribution in [3.63, 3.8) is 0 Å². The summed E-state index contributed by atoms with van der Waals surface area (Å²) in [7, 11) is 0. The quantitative estimate of drug-likeness (QED) is 0.774. The van der Waals surface area contributed by atoms with Gasteiger partial charge in [-0.25, -0.2) is 9.97 Å². The Bertz CT molecular complexity index is 664. The average molecular weight is 241 g/mol. The number of piperidine rings is 1. The van der Waals surface area contributed by atoms with Gasteiger partial charge in [0.1, 0.15) is 17.8 Å². The Morgan fingerprint density at radius 2 is 2.39 bits per heavy atom. The summed E-state index contributed by atoms with van der Waals surface area (Å²) in [5.41, 5.74) is 1.89. The first-order valence-electron chi connectivity index (χ1n) is 6.53. The molecule has 5 rings (SSSR count). The number of hydrogen-bond acceptors (Lipinski definition) is 4. The summed E-state index contributed by atoms with van der Waals surface area (Å²) in [6, 6.07) is 2.07. The van der Waals surface area contributed by atoms with E-state index in [1.54, 1.807) is 6.33 Å². The van der Waals surface area contributed by atoms with Gasteiger partial charge in [0, 0.05) is 42.7 Å². The molecule has 1 unspecified atom stereocenters. The largest absolute Gasteiger partial charge is 0.354 e. The molecule has 1 aliphatic carbocycles. The van der Waals surface area contributed by atoms with Gasteiger partial charge in [-0.15, -0.1) is 0 Å².